The van der Waals surface area contributed by atoms with Crippen LogP contribution in [0, 0.1) is 5.92 Å². The van der Waals surface area contributed by atoms with Crippen molar-refractivity contribution in [3.63, 3.8) is 0 Å². The lowest BCUT2D eigenvalue weighted by Gasteiger charge is -2.26. The number of carbonyl (C=O) groups excluding carboxylic acids is 1. The van der Waals surface area contributed by atoms with Gasteiger partial charge >= 0.3 is 0 Å². The topological polar surface area (TPSA) is 68.2 Å². The van der Waals surface area contributed by atoms with Crippen LogP contribution in [0.1, 0.15) is 37.1 Å². The fraction of sp³-hybridized carbons (Fsp3) is 0.545. The highest BCUT2D eigenvalue weighted by Crippen LogP contribution is 2.42. The number of pyridine rings is 1. The molecule has 6 nitrogen and oxygen atoms in total. The molecule has 2 aliphatic rings. The first-order valence-corrected chi connectivity index (χ1v) is 12.5. The Balaban J connectivity index is 1.50. The summed E-state index contributed by atoms with van der Waals surface area (Å²) in [7, 11) is 0. The molecule has 0 bridgehead atoms. The fourth-order valence-electron chi connectivity index (χ4n) is 4.45. The van der Waals surface area contributed by atoms with Crippen molar-refractivity contribution in [2.45, 2.75) is 44.6 Å². The molecule has 0 atom stereocenters. The molecule has 0 radical (unpaired) electrons. The van der Waals surface area contributed by atoms with Crippen LogP contribution in [0.4, 0.5) is 0 Å². The van der Waals surface area contributed by atoms with Gasteiger partial charge in [-0.05, 0) is 42.7 Å². The second-order valence-corrected chi connectivity index (χ2v) is 10.4. The third kappa shape index (κ3) is 3.69. The van der Waals surface area contributed by atoms with E-state index in [1.54, 1.807) is 17.7 Å². The number of ether oxygens (including phenoxy) is 1. The molecule has 1 amide bonds. The Hall–Kier alpha value is -1.77. The largest absolute Gasteiger partial charge is 0.378 e. The van der Waals surface area contributed by atoms with Crippen LogP contribution in [0.5, 0.6) is 0 Å². The van der Waals surface area contributed by atoms with Crippen LogP contribution in [0.2, 0.25) is 0 Å². The Bertz CT molecular complexity index is 1110. The van der Waals surface area contributed by atoms with Gasteiger partial charge in [-0.1, -0.05) is 25.6 Å². The summed E-state index contributed by atoms with van der Waals surface area (Å²) in [6.07, 6.45) is 6.08. The second kappa shape index (κ2) is 8.40. The Morgan fingerprint density at radius 3 is 2.83 bits per heavy atom. The van der Waals surface area contributed by atoms with E-state index in [2.05, 4.69) is 23.8 Å². The number of hydrogen-bond acceptors (Lipinski definition) is 7. The molecule has 30 heavy (non-hydrogen) atoms. The summed E-state index contributed by atoms with van der Waals surface area (Å²) in [5, 5.41) is 2.11. The van der Waals surface area contributed by atoms with Gasteiger partial charge in [0.15, 0.2) is 0 Å². The van der Waals surface area contributed by atoms with Crippen molar-refractivity contribution in [1.29, 1.82) is 0 Å². The van der Waals surface area contributed by atoms with E-state index in [1.165, 1.54) is 40.4 Å². The van der Waals surface area contributed by atoms with Crippen LogP contribution in [0.3, 0.4) is 0 Å². The highest BCUT2D eigenvalue weighted by molar-refractivity contribution is 8.00. The number of thioether (sulfide) groups is 1. The molecule has 0 saturated carbocycles. The molecule has 158 valence electrons. The van der Waals surface area contributed by atoms with E-state index < -0.39 is 0 Å². The van der Waals surface area contributed by atoms with Gasteiger partial charge in [0.05, 0.1) is 29.2 Å². The summed E-state index contributed by atoms with van der Waals surface area (Å²) in [6, 6.07) is 0. The smallest absolute Gasteiger partial charge is 0.233 e. The first kappa shape index (κ1) is 20.2. The van der Waals surface area contributed by atoms with Crippen LogP contribution in [0.25, 0.3) is 20.4 Å². The van der Waals surface area contributed by atoms with Crippen molar-refractivity contribution in [3.8, 4) is 0 Å². The molecule has 0 N–H and O–H groups in total. The first-order chi connectivity index (χ1) is 14.6. The number of morpholine rings is 1. The maximum absolute atomic E-state index is 12.6. The van der Waals surface area contributed by atoms with Gasteiger partial charge in [0.1, 0.15) is 16.2 Å². The third-order valence-corrected chi connectivity index (χ3v) is 8.01. The molecule has 8 heteroatoms. The average Bonchev–Trinajstić information content (AvgIpc) is 3.37. The second-order valence-electron chi connectivity index (χ2n) is 8.39. The van der Waals surface area contributed by atoms with Gasteiger partial charge in [-0.3, -0.25) is 4.79 Å². The van der Waals surface area contributed by atoms with Gasteiger partial charge in [-0.25, -0.2) is 15.0 Å². The van der Waals surface area contributed by atoms with Gasteiger partial charge in [0.2, 0.25) is 5.91 Å². The Labute approximate surface area is 184 Å². The minimum Gasteiger partial charge on any atom is -0.378 e. The Kier molecular flexibility index (Phi) is 5.64. The number of nitrogens with zero attached hydrogens (tertiary/aromatic N) is 4. The molecule has 4 heterocycles. The number of carbonyl (C=O) groups is 1. The zero-order chi connectivity index (χ0) is 20.7. The van der Waals surface area contributed by atoms with E-state index in [1.807, 2.05) is 4.90 Å². The van der Waals surface area contributed by atoms with E-state index in [0.29, 0.717) is 38.0 Å². The van der Waals surface area contributed by atoms with Gasteiger partial charge < -0.3 is 9.64 Å². The Morgan fingerprint density at radius 2 is 2.03 bits per heavy atom. The van der Waals surface area contributed by atoms with Gasteiger partial charge in [0.25, 0.3) is 0 Å². The van der Waals surface area contributed by atoms with Crippen LogP contribution < -0.4 is 0 Å². The number of thiophene rings is 1. The predicted octanol–water partition coefficient (Wildman–Crippen LogP) is 3.88. The third-order valence-electron chi connectivity index (χ3n) is 5.82. The van der Waals surface area contributed by atoms with Gasteiger partial charge in [-0.2, -0.15) is 0 Å². The quantitative estimate of drug-likeness (QED) is 0.441. The number of fused-ring (bicyclic) bond motifs is 5. The van der Waals surface area contributed by atoms with E-state index in [-0.39, 0.29) is 5.91 Å². The van der Waals surface area contributed by atoms with Crippen molar-refractivity contribution in [2.75, 3.05) is 32.1 Å². The summed E-state index contributed by atoms with van der Waals surface area (Å²) < 4.78 is 6.41. The van der Waals surface area contributed by atoms with Crippen molar-refractivity contribution < 1.29 is 9.53 Å². The van der Waals surface area contributed by atoms with Gasteiger partial charge in [-0.15, -0.1) is 11.3 Å². The van der Waals surface area contributed by atoms with Gasteiger partial charge in [0, 0.05) is 24.2 Å². The van der Waals surface area contributed by atoms with Crippen molar-refractivity contribution >= 4 is 49.4 Å². The van der Waals surface area contributed by atoms with Crippen LogP contribution in [-0.2, 0) is 28.8 Å². The fourth-order valence-corrected chi connectivity index (χ4v) is 6.60. The van der Waals surface area contributed by atoms with E-state index in [0.717, 1.165) is 39.3 Å². The normalized spacial score (nSPS) is 16.7. The maximum atomic E-state index is 12.6. The van der Waals surface area contributed by atoms with Crippen molar-refractivity contribution in [3.05, 3.63) is 23.1 Å². The molecule has 3 aromatic rings. The van der Waals surface area contributed by atoms with Crippen LogP contribution >= 0.6 is 23.1 Å². The van der Waals surface area contributed by atoms with Crippen LogP contribution in [0.15, 0.2) is 11.4 Å². The first-order valence-electron chi connectivity index (χ1n) is 10.7. The molecule has 0 spiro atoms. The van der Waals surface area contributed by atoms with E-state index in [9.17, 15) is 4.79 Å². The van der Waals surface area contributed by atoms with Crippen molar-refractivity contribution in [2.24, 2.45) is 5.92 Å². The molecule has 1 aliphatic heterocycles. The average molecular weight is 443 g/mol. The highest BCUT2D eigenvalue weighted by atomic mass is 32.2. The van der Waals surface area contributed by atoms with Crippen LogP contribution in [-0.4, -0.2) is 57.8 Å². The maximum Gasteiger partial charge on any atom is 0.233 e. The summed E-state index contributed by atoms with van der Waals surface area (Å²) >= 11 is 3.20. The summed E-state index contributed by atoms with van der Waals surface area (Å²) in [5.41, 5.74) is 5.17. The van der Waals surface area contributed by atoms with Crippen molar-refractivity contribution in [1.82, 2.24) is 19.9 Å². The summed E-state index contributed by atoms with van der Waals surface area (Å²) in [5.74, 6) is 1.13. The number of hydrogen-bond donors (Lipinski definition) is 0. The molecule has 1 saturated heterocycles. The summed E-state index contributed by atoms with van der Waals surface area (Å²) in [4.78, 5) is 29.8. The molecule has 0 unspecified atom stereocenters. The lowest BCUT2D eigenvalue weighted by Crippen LogP contribution is -2.41. The molecule has 3 aromatic heterocycles. The molecular formula is C22H26N4O2S2. The SMILES string of the molecule is CC(C)Cc1nc2sc3c(SCC(=O)N4CCOCC4)ncnc3c2c2c1CCC2. The summed E-state index contributed by atoms with van der Waals surface area (Å²) in [6.45, 7) is 7.11. The van der Waals surface area contributed by atoms with E-state index >= 15 is 0 Å². The molecule has 0 aromatic carbocycles. The monoisotopic (exact) mass is 442 g/mol. The lowest BCUT2D eigenvalue weighted by atomic mass is 9.99. The minimum atomic E-state index is 0.148. The zero-order valence-electron chi connectivity index (χ0n) is 17.4. The molecule has 1 fully saturated rings. The number of rotatable bonds is 5. The number of aromatic nitrogens is 3. The highest BCUT2D eigenvalue weighted by Gasteiger charge is 2.25. The number of amides is 1. The molecular weight excluding hydrogens is 416 g/mol. The minimum absolute atomic E-state index is 0.148. The zero-order valence-corrected chi connectivity index (χ0v) is 19.1. The standard InChI is InChI=1S/C22H26N4O2S2/c1-13(2)10-16-14-4-3-5-15(14)18-19-20(30-21(18)25-16)22(24-12-23-19)29-11-17(27)26-6-8-28-9-7-26/h12-13H,3-11H2,1-2H3. The Morgan fingerprint density at radius 1 is 1.23 bits per heavy atom. The molecule has 1 aliphatic carbocycles. The molecule has 5 rings (SSSR count). The lowest BCUT2D eigenvalue weighted by molar-refractivity contribution is -0.132. The van der Waals surface area contributed by atoms with E-state index in [4.69, 9.17) is 9.72 Å². The number of aryl methyl sites for hydroxylation is 1. The predicted molar refractivity (Wildman–Crippen MR) is 121 cm³/mol.